The van der Waals surface area contributed by atoms with E-state index in [1.165, 1.54) is 5.56 Å². The molecule has 26 heavy (non-hydrogen) atoms. The predicted octanol–water partition coefficient (Wildman–Crippen LogP) is 2.23. The van der Waals surface area contributed by atoms with Crippen molar-refractivity contribution < 1.29 is 14.0 Å². The van der Waals surface area contributed by atoms with Crippen LogP contribution in [0.3, 0.4) is 0 Å². The fourth-order valence-corrected chi connectivity index (χ4v) is 3.19. The molecule has 2 heterocycles. The van der Waals surface area contributed by atoms with Crippen molar-refractivity contribution in [2.45, 2.75) is 45.6 Å². The van der Waals surface area contributed by atoms with Crippen LogP contribution in [-0.4, -0.2) is 28.6 Å². The summed E-state index contributed by atoms with van der Waals surface area (Å²) in [6, 6.07) is 5.92. The number of anilines is 1. The Morgan fingerprint density at radius 2 is 2.04 bits per heavy atom. The average Bonchev–Trinajstić information content (AvgIpc) is 3.24. The van der Waals surface area contributed by atoms with Crippen LogP contribution < -0.4 is 10.2 Å². The highest BCUT2D eigenvalue weighted by molar-refractivity contribution is 6.09. The fraction of sp³-hybridized carbons (Fsp3) is 0.474. The lowest BCUT2D eigenvalue weighted by Crippen LogP contribution is -2.36. The highest BCUT2D eigenvalue weighted by Gasteiger charge is 2.37. The molecule has 0 spiro atoms. The molecule has 2 fully saturated rings. The maximum Gasteiger partial charge on any atom is 0.239 e. The lowest BCUT2D eigenvalue weighted by molar-refractivity contribution is -0.132. The molecule has 1 aromatic heterocycles. The molecular weight excluding hydrogens is 332 g/mol. The van der Waals surface area contributed by atoms with Gasteiger partial charge in [-0.15, -0.1) is 10.2 Å². The van der Waals surface area contributed by atoms with Gasteiger partial charge in [-0.2, -0.15) is 0 Å². The van der Waals surface area contributed by atoms with E-state index < -0.39 is 5.92 Å². The SMILES string of the molecule is Cc1ccc(N2CCC(C(=O)NCc3nnc(C4CC4)o3)C2=O)cc1C. The zero-order valence-corrected chi connectivity index (χ0v) is 15.0. The van der Waals surface area contributed by atoms with Crippen LogP contribution in [-0.2, 0) is 16.1 Å². The first-order valence-electron chi connectivity index (χ1n) is 9.01. The number of nitrogens with zero attached hydrogens (tertiary/aromatic N) is 3. The summed E-state index contributed by atoms with van der Waals surface area (Å²) in [4.78, 5) is 26.8. The van der Waals surface area contributed by atoms with Crippen LogP contribution in [0, 0.1) is 19.8 Å². The lowest BCUT2D eigenvalue weighted by atomic mass is 10.1. The summed E-state index contributed by atoms with van der Waals surface area (Å²) in [5.41, 5.74) is 3.16. The topological polar surface area (TPSA) is 88.3 Å². The summed E-state index contributed by atoms with van der Waals surface area (Å²) < 4.78 is 5.53. The zero-order chi connectivity index (χ0) is 18.3. The largest absolute Gasteiger partial charge is 0.423 e. The number of carbonyl (C=O) groups excluding carboxylic acids is 2. The van der Waals surface area contributed by atoms with Gasteiger partial charge in [0.25, 0.3) is 0 Å². The van der Waals surface area contributed by atoms with E-state index in [2.05, 4.69) is 15.5 Å². The number of hydrogen-bond donors (Lipinski definition) is 1. The first-order chi connectivity index (χ1) is 12.5. The Kier molecular flexibility index (Phi) is 4.22. The molecule has 1 aliphatic carbocycles. The Labute approximate surface area is 151 Å². The maximum atomic E-state index is 12.7. The molecule has 1 saturated heterocycles. The Morgan fingerprint density at radius 1 is 1.23 bits per heavy atom. The molecule has 1 saturated carbocycles. The van der Waals surface area contributed by atoms with Crippen molar-refractivity contribution in [1.29, 1.82) is 0 Å². The molecule has 1 aliphatic heterocycles. The first-order valence-corrected chi connectivity index (χ1v) is 9.01. The van der Waals surface area contributed by atoms with E-state index in [1.807, 2.05) is 32.0 Å². The molecule has 7 nitrogen and oxygen atoms in total. The van der Waals surface area contributed by atoms with Crippen molar-refractivity contribution in [2.24, 2.45) is 5.92 Å². The molecular formula is C19H22N4O3. The van der Waals surface area contributed by atoms with Gasteiger partial charge in [-0.25, -0.2) is 0 Å². The normalized spacial score (nSPS) is 19.8. The Balaban J connectivity index is 1.37. The van der Waals surface area contributed by atoms with Crippen LogP contribution in [0.4, 0.5) is 5.69 Å². The number of rotatable bonds is 5. The van der Waals surface area contributed by atoms with Gasteiger partial charge < -0.3 is 14.6 Å². The quantitative estimate of drug-likeness (QED) is 0.832. The van der Waals surface area contributed by atoms with E-state index in [0.29, 0.717) is 30.7 Å². The number of aromatic nitrogens is 2. The molecule has 4 rings (SSSR count). The smallest absolute Gasteiger partial charge is 0.239 e. The van der Waals surface area contributed by atoms with Gasteiger partial charge in [0.1, 0.15) is 5.92 Å². The molecule has 1 atom stereocenters. The molecule has 2 amide bonds. The molecule has 0 radical (unpaired) electrons. The van der Waals surface area contributed by atoms with Gasteiger partial charge in [0.15, 0.2) is 0 Å². The molecule has 1 aromatic carbocycles. The van der Waals surface area contributed by atoms with Gasteiger partial charge in [-0.3, -0.25) is 9.59 Å². The van der Waals surface area contributed by atoms with Gasteiger partial charge in [0, 0.05) is 18.2 Å². The standard InChI is InChI=1S/C19H22N4O3/c1-11-3-6-14(9-12(11)2)23-8-7-15(19(23)25)17(24)20-10-16-21-22-18(26-16)13-4-5-13/h3,6,9,13,15H,4-5,7-8,10H2,1-2H3,(H,20,24). The van der Waals surface area contributed by atoms with E-state index in [-0.39, 0.29) is 18.4 Å². The van der Waals surface area contributed by atoms with E-state index in [4.69, 9.17) is 4.42 Å². The van der Waals surface area contributed by atoms with Crippen molar-refractivity contribution in [3.63, 3.8) is 0 Å². The Hall–Kier alpha value is -2.70. The summed E-state index contributed by atoms with van der Waals surface area (Å²) in [6.45, 7) is 4.76. The minimum Gasteiger partial charge on any atom is -0.423 e. The number of benzene rings is 1. The third kappa shape index (κ3) is 3.21. The van der Waals surface area contributed by atoms with Crippen LogP contribution in [0.15, 0.2) is 22.6 Å². The monoisotopic (exact) mass is 354 g/mol. The molecule has 1 N–H and O–H groups in total. The fourth-order valence-electron chi connectivity index (χ4n) is 3.19. The van der Waals surface area contributed by atoms with E-state index >= 15 is 0 Å². The summed E-state index contributed by atoms with van der Waals surface area (Å²) in [5, 5.41) is 10.7. The second-order valence-electron chi connectivity index (χ2n) is 7.13. The molecule has 1 unspecified atom stereocenters. The second kappa shape index (κ2) is 6.55. The molecule has 136 valence electrons. The van der Waals surface area contributed by atoms with Crippen molar-refractivity contribution in [3.8, 4) is 0 Å². The van der Waals surface area contributed by atoms with Crippen molar-refractivity contribution in [2.75, 3.05) is 11.4 Å². The predicted molar refractivity (Wildman–Crippen MR) is 94.5 cm³/mol. The molecule has 2 aromatic rings. The summed E-state index contributed by atoms with van der Waals surface area (Å²) >= 11 is 0. The zero-order valence-electron chi connectivity index (χ0n) is 15.0. The highest BCUT2D eigenvalue weighted by Crippen LogP contribution is 2.39. The highest BCUT2D eigenvalue weighted by atomic mass is 16.4. The van der Waals surface area contributed by atoms with Gasteiger partial charge in [-0.05, 0) is 56.4 Å². The van der Waals surface area contributed by atoms with Crippen LogP contribution in [0.25, 0.3) is 0 Å². The summed E-state index contributed by atoms with van der Waals surface area (Å²) in [7, 11) is 0. The number of nitrogens with one attached hydrogen (secondary N) is 1. The third-order valence-electron chi connectivity index (χ3n) is 5.15. The van der Waals surface area contributed by atoms with Crippen molar-refractivity contribution >= 4 is 17.5 Å². The van der Waals surface area contributed by atoms with Crippen LogP contribution >= 0.6 is 0 Å². The molecule has 2 aliphatic rings. The Bertz CT molecular complexity index is 856. The van der Waals surface area contributed by atoms with E-state index in [1.54, 1.807) is 4.90 Å². The Morgan fingerprint density at radius 3 is 2.77 bits per heavy atom. The van der Waals surface area contributed by atoms with Crippen molar-refractivity contribution in [1.82, 2.24) is 15.5 Å². The molecule has 7 heteroatoms. The minimum atomic E-state index is -0.664. The number of hydrogen-bond acceptors (Lipinski definition) is 5. The number of aryl methyl sites for hydroxylation is 2. The summed E-state index contributed by atoms with van der Waals surface area (Å²) in [5.74, 6) is 0.309. The van der Waals surface area contributed by atoms with Gasteiger partial charge in [0.05, 0.1) is 6.54 Å². The maximum absolute atomic E-state index is 12.7. The average molecular weight is 354 g/mol. The minimum absolute atomic E-state index is 0.157. The number of amides is 2. The second-order valence-corrected chi connectivity index (χ2v) is 7.13. The first kappa shape index (κ1) is 16.8. The van der Waals surface area contributed by atoms with E-state index in [9.17, 15) is 9.59 Å². The van der Waals surface area contributed by atoms with Gasteiger partial charge >= 0.3 is 0 Å². The third-order valence-corrected chi connectivity index (χ3v) is 5.15. The van der Waals surface area contributed by atoms with Crippen LogP contribution in [0.1, 0.15) is 48.1 Å². The van der Waals surface area contributed by atoms with Crippen molar-refractivity contribution in [3.05, 3.63) is 41.1 Å². The lowest BCUT2D eigenvalue weighted by Gasteiger charge is -2.18. The van der Waals surface area contributed by atoms with Gasteiger partial charge in [-0.1, -0.05) is 6.07 Å². The summed E-state index contributed by atoms with van der Waals surface area (Å²) in [6.07, 6.45) is 2.67. The van der Waals surface area contributed by atoms with Crippen LogP contribution in [0.5, 0.6) is 0 Å². The van der Waals surface area contributed by atoms with Crippen LogP contribution in [0.2, 0.25) is 0 Å². The molecule has 0 bridgehead atoms. The number of carbonyl (C=O) groups is 2. The van der Waals surface area contributed by atoms with E-state index in [0.717, 1.165) is 24.1 Å². The van der Waals surface area contributed by atoms with Gasteiger partial charge in [0.2, 0.25) is 23.6 Å².